The van der Waals surface area contributed by atoms with Crippen LogP contribution in [0.25, 0.3) is 10.2 Å². The predicted octanol–water partition coefficient (Wildman–Crippen LogP) is 4.06. The van der Waals surface area contributed by atoms with E-state index in [0.717, 1.165) is 20.8 Å². The molecule has 0 aliphatic rings. The number of thiophene rings is 1. The average Bonchev–Trinajstić information content (AvgIpc) is 3.42. The molecular weight excluding hydrogens is 420 g/mol. The topological polar surface area (TPSA) is 85.4 Å². The summed E-state index contributed by atoms with van der Waals surface area (Å²) in [4.78, 5) is 41.4. The van der Waals surface area contributed by atoms with Gasteiger partial charge >= 0.3 is 5.97 Å². The highest BCUT2D eigenvalue weighted by Crippen LogP contribution is 2.25. The molecule has 0 aliphatic heterocycles. The minimum atomic E-state index is -0.676. The maximum atomic E-state index is 12.5. The molecule has 150 valence electrons. The second-order valence-corrected chi connectivity index (χ2v) is 8.40. The normalized spacial score (nSPS) is 10.7. The van der Waals surface area contributed by atoms with Crippen LogP contribution in [0.2, 0.25) is 0 Å². The number of rotatable bonds is 6. The Labute approximate surface area is 180 Å². The van der Waals surface area contributed by atoms with Crippen LogP contribution in [0.1, 0.15) is 30.6 Å². The van der Waals surface area contributed by atoms with Gasteiger partial charge in [-0.15, -0.1) is 22.7 Å². The smallest absolute Gasteiger partial charge is 0.338 e. The summed E-state index contributed by atoms with van der Waals surface area (Å²) in [6.07, 6.45) is 0.480. The van der Waals surface area contributed by atoms with Crippen LogP contribution >= 0.6 is 22.7 Å². The minimum absolute atomic E-state index is 0.370. The van der Waals surface area contributed by atoms with Gasteiger partial charge in [-0.1, -0.05) is 36.4 Å². The first-order valence-electron chi connectivity index (χ1n) is 9.07. The van der Waals surface area contributed by atoms with E-state index in [-0.39, 0.29) is 0 Å². The maximum absolute atomic E-state index is 12.5. The van der Waals surface area contributed by atoms with E-state index in [1.807, 2.05) is 36.4 Å². The standard InChI is InChI=1S/C22H16N2O4S2/c25-19(24-21(26)18-10-5-11-29-18)13-28-22(27)15-7-2-1-6-14(15)12-20-23-16-8-3-4-9-17(16)30-20/h1-11H,12-13H2,(H,24,25,26). The molecule has 0 saturated heterocycles. The van der Waals surface area contributed by atoms with Gasteiger partial charge in [-0.2, -0.15) is 0 Å². The van der Waals surface area contributed by atoms with Crippen LogP contribution in [0, 0.1) is 0 Å². The van der Waals surface area contributed by atoms with E-state index < -0.39 is 24.4 Å². The van der Waals surface area contributed by atoms with Crippen molar-refractivity contribution in [1.29, 1.82) is 0 Å². The Hall–Kier alpha value is -3.36. The van der Waals surface area contributed by atoms with Gasteiger partial charge in [-0.3, -0.25) is 14.9 Å². The number of hydrogen-bond donors (Lipinski definition) is 1. The first kappa shape index (κ1) is 19.9. The lowest BCUT2D eigenvalue weighted by molar-refractivity contribution is -0.123. The molecule has 0 spiro atoms. The number of aromatic nitrogens is 1. The summed E-state index contributed by atoms with van der Waals surface area (Å²) in [7, 11) is 0. The highest BCUT2D eigenvalue weighted by Gasteiger charge is 2.17. The number of carbonyl (C=O) groups is 3. The maximum Gasteiger partial charge on any atom is 0.338 e. The number of nitrogens with zero attached hydrogens (tertiary/aromatic N) is 1. The van der Waals surface area contributed by atoms with Crippen molar-refractivity contribution in [2.75, 3.05) is 6.61 Å². The summed E-state index contributed by atoms with van der Waals surface area (Å²) >= 11 is 2.79. The lowest BCUT2D eigenvalue weighted by atomic mass is 10.1. The zero-order chi connectivity index (χ0) is 20.9. The van der Waals surface area contributed by atoms with E-state index in [1.165, 1.54) is 11.3 Å². The third-order valence-corrected chi connectivity index (χ3v) is 6.15. The summed E-state index contributed by atoms with van der Waals surface area (Å²) in [5.74, 6) is -1.81. The van der Waals surface area contributed by atoms with Crippen LogP contribution in [-0.2, 0) is 16.0 Å². The van der Waals surface area contributed by atoms with Gasteiger partial charge in [-0.05, 0) is 35.2 Å². The summed E-state index contributed by atoms with van der Waals surface area (Å²) in [6, 6.07) is 18.2. The number of benzene rings is 2. The summed E-state index contributed by atoms with van der Waals surface area (Å²) in [5, 5.41) is 4.83. The highest BCUT2D eigenvalue weighted by molar-refractivity contribution is 7.18. The van der Waals surface area contributed by atoms with Crippen molar-refractivity contribution in [3.63, 3.8) is 0 Å². The summed E-state index contributed by atoms with van der Waals surface area (Å²) in [6.45, 7) is -0.536. The van der Waals surface area contributed by atoms with E-state index in [2.05, 4.69) is 10.3 Å². The predicted molar refractivity (Wildman–Crippen MR) is 116 cm³/mol. The van der Waals surface area contributed by atoms with Gasteiger partial charge in [0.25, 0.3) is 11.8 Å². The number of nitrogens with one attached hydrogen (secondary N) is 1. The van der Waals surface area contributed by atoms with Crippen LogP contribution in [0.3, 0.4) is 0 Å². The van der Waals surface area contributed by atoms with Gasteiger partial charge in [0.1, 0.15) is 0 Å². The second-order valence-electron chi connectivity index (χ2n) is 6.34. The molecule has 2 heterocycles. The molecule has 0 aliphatic carbocycles. The van der Waals surface area contributed by atoms with Gasteiger partial charge in [-0.25, -0.2) is 9.78 Å². The fraction of sp³-hybridized carbons (Fsp3) is 0.0909. The van der Waals surface area contributed by atoms with Gasteiger partial charge < -0.3 is 4.74 Å². The number of ether oxygens (including phenoxy) is 1. The molecule has 0 fully saturated rings. The molecule has 0 bridgehead atoms. The van der Waals surface area contributed by atoms with Crippen LogP contribution in [0.4, 0.5) is 0 Å². The zero-order valence-electron chi connectivity index (χ0n) is 15.7. The quantitative estimate of drug-likeness (QED) is 0.461. The van der Waals surface area contributed by atoms with Gasteiger partial charge in [0, 0.05) is 6.42 Å². The fourth-order valence-electron chi connectivity index (χ4n) is 2.87. The molecule has 2 amide bonds. The van der Waals surface area contributed by atoms with Crippen molar-refractivity contribution in [3.05, 3.63) is 87.1 Å². The Morgan fingerprint density at radius 3 is 2.57 bits per heavy atom. The molecule has 4 rings (SSSR count). The SMILES string of the molecule is O=C(COC(=O)c1ccccc1Cc1nc2ccccc2s1)NC(=O)c1cccs1. The van der Waals surface area contributed by atoms with Crippen molar-refractivity contribution in [3.8, 4) is 0 Å². The van der Waals surface area contributed by atoms with Crippen molar-refractivity contribution in [2.45, 2.75) is 6.42 Å². The number of thiazole rings is 1. The van der Waals surface area contributed by atoms with Crippen LogP contribution < -0.4 is 5.32 Å². The van der Waals surface area contributed by atoms with Crippen molar-refractivity contribution in [1.82, 2.24) is 10.3 Å². The molecule has 8 heteroatoms. The lowest BCUT2D eigenvalue weighted by Gasteiger charge is -2.08. The minimum Gasteiger partial charge on any atom is -0.452 e. The lowest BCUT2D eigenvalue weighted by Crippen LogP contribution is -2.33. The number of imide groups is 1. The van der Waals surface area contributed by atoms with Crippen LogP contribution in [-0.4, -0.2) is 29.4 Å². The Bertz CT molecular complexity index is 1180. The van der Waals surface area contributed by atoms with Gasteiger partial charge in [0.05, 0.1) is 25.7 Å². The Kier molecular flexibility index (Phi) is 5.97. The van der Waals surface area contributed by atoms with Crippen LogP contribution in [0.5, 0.6) is 0 Å². The molecule has 30 heavy (non-hydrogen) atoms. The molecule has 0 saturated carbocycles. The van der Waals surface area contributed by atoms with Gasteiger partial charge in [0.2, 0.25) is 0 Å². The first-order chi connectivity index (χ1) is 14.6. The summed E-state index contributed by atoms with van der Waals surface area (Å²) in [5.41, 5.74) is 2.05. The molecule has 4 aromatic rings. The number of para-hydroxylation sites is 1. The average molecular weight is 437 g/mol. The number of hydrogen-bond acceptors (Lipinski definition) is 7. The monoisotopic (exact) mass is 436 g/mol. The molecule has 0 unspecified atom stereocenters. The highest BCUT2D eigenvalue weighted by atomic mass is 32.1. The number of esters is 1. The molecule has 0 radical (unpaired) electrons. The second kappa shape index (κ2) is 8.98. The number of amides is 2. The summed E-state index contributed by atoms with van der Waals surface area (Å²) < 4.78 is 6.21. The Morgan fingerprint density at radius 1 is 0.967 bits per heavy atom. The van der Waals surface area contributed by atoms with E-state index in [1.54, 1.807) is 41.0 Å². The third kappa shape index (κ3) is 4.61. The van der Waals surface area contributed by atoms with Crippen molar-refractivity contribution < 1.29 is 19.1 Å². The van der Waals surface area contributed by atoms with Crippen molar-refractivity contribution in [2.24, 2.45) is 0 Å². The van der Waals surface area contributed by atoms with Gasteiger partial charge in [0.15, 0.2) is 6.61 Å². The third-order valence-electron chi connectivity index (χ3n) is 4.25. The first-order valence-corrected chi connectivity index (χ1v) is 10.8. The molecule has 6 nitrogen and oxygen atoms in total. The van der Waals surface area contributed by atoms with E-state index in [0.29, 0.717) is 16.9 Å². The van der Waals surface area contributed by atoms with Crippen LogP contribution in [0.15, 0.2) is 66.0 Å². The molecule has 1 N–H and O–H groups in total. The van der Waals surface area contributed by atoms with E-state index >= 15 is 0 Å². The largest absolute Gasteiger partial charge is 0.452 e. The number of fused-ring (bicyclic) bond motifs is 1. The van der Waals surface area contributed by atoms with E-state index in [9.17, 15) is 14.4 Å². The zero-order valence-corrected chi connectivity index (χ0v) is 17.3. The Balaban J connectivity index is 1.40. The molecular formula is C22H16N2O4S2. The molecule has 2 aromatic carbocycles. The number of carbonyl (C=O) groups excluding carboxylic acids is 3. The van der Waals surface area contributed by atoms with E-state index in [4.69, 9.17) is 4.74 Å². The fourth-order valence-corrected chi connectivity index (χ4v) is 4.48. The van der Waals surface area contributed by atoms with Crippen molar-refractivity contribution >= 4 is 50.7 Å². The molecule has 0 atom stereocenters. The Morgan fingerprint density at radius 2 is 1.77 bits per heavy atom. The molecule has 2 aromatic heterocycles.